The van der Waals surface area contributed by atoms with Gasteiger partial charge in [0.2, 0.25) is 0 Å². The monoisotopic (exact) mass is 402 g/mol. The van der Waals surface area contributed by atoms with Crippen LogP contribution in [-0.4, -0.2) is 17.0 Å². The smallest absolute Gasteiger partial charge is 0.322 e. The SMILES string of the molecule is CCC(C)N(Cc1cccc(OCc2ccccc2)c1)C(=O)Nc1ccccc1C. The quantitative estimate of drug-likeness (QED) is 0.473. The van der Waals surface area contributed by atoms with Crippen molar-refractivity contribution in [2.75, 3.05) is 5.32 Å². The number of anilines is 1. The van der Waals surface area contributed by atoms with Crippen LogP contribution in [0.25, 0.3) is 0 Å². The predicted octanol–water partition coefficient (Wildman–Crippen LogP) is 6.41. The zero-order valence-electron chi connectivity index (χ0n) is 18.0. The minimum Gasteiger partial charge on any atom is -0.489 e. The molecule has 0 fully saturated rings. The van der Waals surface area contributed by atoms with E-state index in [0.29, 0.717) is 13.2 Å². The summed E-state index contributed by atoms with van der Waals surface area (Å²) in [4.78, 5) is 14.9. The standard InChI is InChI=1S/C26H30N2O2/c1-4-21(3)28(26(29)27-25-16-9-8-11-20(25)2)18-23-14-10-15-24(17-23)30-19-22-12-6-5-7-13-22/h5-17,21H,4,18-19H2,1-3H3,(H,27,29). The molecule has 1 unspecified atom stereocenters. The van der Waals surface area contributed by atoms with Crippen LogP contribution < -0.4 is 10.1 Å². The maximum absolute atomic E-state index is 13.0. The largest absolute Gasteiger partial charge is 0.489 e. The van der Waals surface area contributed by atoms with Crippen molar-refractivity contribution in [2.45, 2.75) is 46.4 Å². The lowest BCUT2D eigenvalue weighted by molar-refractivity contribution is 0.187. The van der Waals surface area contributed by atoms with Gasteiger partial charge in [-0.1, -0.05) is 67.6 Å². The van der Waals surface area contributed by atoms with Gasteiger partial charge in [-0.2, -0.15) is 0 Å². The minimum atomic E-state index is -0.0887. The van der Waals surface area contributed by atoms with Crippen molar-refractivity contribution in [1.29, 1.82) is 0 Å². The molecule has 30 heavy (non-hydrogen) atoms. The fourth-order valence-corrected chi connectivity index (χ4v) is 3.22. The Labute approximate surface area is 179 Å². The van der Waals surface area contributed by atoms with Gasteiger partial charge in [-0.15, -0.1) is 0 Å². The lowest BCUT2D eigenvalue weighted by atomic mass is 10.1. The Hall–Kier alpha value is -3.27. The first-order valence-corrected chi connectivity index (χ1v) is 10.5. The highest BCUT2D eigenvalue weighted by Gasteiger charge is 2.20. The molecule has 0 aliphatic heterocycles. The first-order valence-electron chi connectivity index (χ1n) is 10.5. The normalized spacial score (nSPS) is 11.6. The molecular formula is C26H30N2O2. The van der Waals surface area contributed by atoms with Crippen LogP contribution >= 0.6 is 0 Å². The average molecular weight is 403 g/mol. The number of urea groups is 1. The highest BCUT2D eigenvalue weighted by atomic mass is 16.5. The molecule has 0 bridgehead atoms. The number of benzene rings is 3. The fourth-order valence-electron chi connectivity index (χ4n) is 3.22. The van der Waals surface area contributed by atoms with Gasteiger partial charge in [0.05, 0.1) is 0 Å². The van der Waals surface area contributed by atoms with Crippen molar-refractivity contribution < 1.29 is 9.53 Å². The van der Waals surface area contributed by atoms with E-state index in [1.807, 2.05) is 90.7 Å². The second-order valence-corrected chi connectivity index (χ2v) is 7.55. The number of para-hydroxylation sites is 1. The molecule has 156 valence electrons. The number of nitrogens with zero attached hydrogens (tertiary/aromatic N) is 1. The Kier molecular flexibility index (Phi) is 7.50. The highest BCUT2D eigenvalue weighted by molar-refractivity contribution is 5.90. The molecule has 0 radical (unpaired) electrons. The number of carbonyl (C=O) groups is 1. The van der Waals surface area contributed by atoms with E-state index in [1.165, 1.54) is 0 Å². The molecule has 2 amide bonds. The topological polar surface area (TPSA) is 41.6 Å². The number of aryl methyl sites for hydroxylation is 1. The van der Waals surface area contributed by atoms with Crippen LogP contribution in [0.1, 0.15) is 37.0 Å². The molecule has 3 rings (SSSR count). The summed E-state index contributed by atoms with van der Waals surface area (Å²) in [7, 11) is 0. The molecule has 4 heteroatoms. The first-order chi connectivity index (χ1) is 14.6. The van der Waals surface area contributed by atoms with Gasteiger partial charge in [-0.3, -0.25) is 0 Å². The molecule has 3 aromatic carbocycles. The van der Waals surface area contributed by atoms with Crippen LogP contribution in [0.3, 0.4) is 0 Å². The Balaban J connectivity index is 1.70. The number of hydrogen-bond acceptors (Lipinski definition) is 2. The van der Waals surface area contributed by atoms with Gasteiger partial charge in [-0.05, 0) is 55.2 Å². The summed E-state index contributed by atoms with van der Waals surface area (Å²) in [5.41, 5.74) is 4.06. The van der Waals surface area contributed by atoms with E-state index in [-0.39, 0.29) is 12.1 Å². The van der Waals surface area contributed by atoms with E-state index >= 15 is 0 Å². The Morgan fingerprint density at radius 2 is 1.67 bits per heavy atom. The predicted molar refractivity (Wildman–Crippen MR) is 123 cm³/mol. The molecule has 0 saturated heterocycles. The van der Waals surface area contributed by atoms with Crippen molar-refractivity contribution >= 4 is 11.7 Å². The summed E-state index contributed by atoms with van der Waals surface area (Å²) in [6, 6.07) is 25.9. The van der Waals surface area contributed by atoms with E-state index in [9.17, 15) is 4.79 Å². The Morgan fingerprint density at radius 3 is 2.40 bits per heavy atom. The zero-order chi connectivity index (χ0) is 21.3. The van der Waals surface area contributed by atoms with E-state index in [2.05, 4.69) is 19.2 Å². The molecule has 0 aliphatic carbocycles. The summed E-state index contributed by atoms with van der Waals surface area (Å²) >= 11 is 0. The Morgan fingerprint density at radius 1 is 0.967 bits per heavy atom. The molecule has 3 aromatic rings. The third kappa shape index (κ3) is 5.86. The molecule has 0 heterocycles. The van der Waals surface area contributed by atoms with Gasteiger partial charge in [0.15, 0.2) is 0 Å². The fraction of sp³-hybridized carbons (Fsp3) is 0.269. The maximum atomic E-state index is 13.0. The number of amides is 2. The van der Waals surface area contributed by atoms with Crippen molar-refractivity contribution in [3.8, 4) is 5.75 Å². The summed E-state index contributed by atoms with van der Waals surface area (Å²) in [6.07, 6.45) is 0.880. The Bertz CT molecular complexity index is 956. The number of rotatable bonds is 8. The molecule has 1 N–H and O–H groups in total. The second kappa shape index (κ2) is 10.5. The van der Waals surface area contributed by atoms with Gasteiger partial charge in [0.1, 0.15) is 12.4 Å². The van der Waals surface area contributed by atoms with Crippen LogP contribution in [0, 0.1) is 6.92 Å². The minimum absolute atomic E-state index is 0.0887. The molecule has 0 aliphatic rings. The van der Waals surface area contributed by atoms with E-state index in [1.54, 1.807) is 0 Å². The number of ether oxygens (including phenoxy) is 1. The van der Waals surface area contributed by atoms with Gasteiger partial charge < -0.3 is 15.0 Å². The summed E-state index contributed by atoms with van der Waals surface area (Å²) < 4.78 is 5.95. The van der Waals surface area contributed by atoms with Crippen LogP contribution in [0.15, 0.2) is 78.9 Å². The van der Waals surface area contributed by atoms with Crippen LogP contribution in [0.2, 0.25) is 0 Å². The second-order valence-electron chi connectivity index (χ2n) is 7.55. The van der Waals surface area contributed by atoms with Crippen LogP contribution in [-0.2, 0) is 13.2 Å². The molecular weight excluding hydrogens is 372 g/mol. The van der Waals surface area contributed by atoms with Crippen molar-refractivity contribution in [3.05, 3.63) is 95.6 Å². The van der Waals surface area contributed by atoms with E-state index in [0.717, 1.165) is 34.5 Å². The number of hydrogen-bond donors (Lipinski definition) is 1. The number of nitrogens with one attached hydrogen (secondary N) is 1. The highest BCUT2D eigenvalue weighted by Crippen LogP contribution is 2.20. The third-order valence-electron chi connectivity index (χ3n) is 5.27. The van der Waals surface area contributed by atoms with Gasteiger partial charge in [0.25, 0.3) is 0 Å². The van der Waals surface area contributed by atoms with Crippen molar-refractivity contribution in [2.24, 2.45) is 0 Å². The first kappa shape index (κ1) is 21.4. The van der Waals surface area contributed by atoms with Gasteiger partial charge in [0, 0.05) is 18.3 Å². The van der Waals surface area contributed by atoms with Crippen LogP contribution in [0.4, 0.5) is 10.5 Å². The van der Waals surface area contributed by atoms with Crippen molar-refractivity contribution in [1.82, 2.24) is 4.90 Å². The van der Waals surface area contributed by atoms with Crippen LogP contribution in [0.5, 0.6) is 5.75 Å². The van der Waals surface area contributed by atoms with E-state index in [4.69, 9.17) is 4.74 Å². The third-order valence-corrected chi connectivity index (χ3v) is 5.27. The molecule has 4 nitrogen and oxygen atoms in total. The zero-order valence-corrected chi connectivity index (χ0v) is 18.0. The molecule has 1 atom stereocenters. The van der Waals surface area contributed by atoms with E-state index < -0.39 is 0 Å². The summed E-state index contributed by atoms with van der Waals surface area (Å²) in [6.45, 7) is 7.21. The van der Waals surface area contributed by atoms with Gasteiger partial charge in [-0.25, -0.2) is 4.79 Å². The lowest BCUT2D eigenvalue weighted by Gasteiger charge is -2.29. The average Bonchev–Trinajstić information content (AvgIpc) is 2.78. The molecule has 0 spiro atoms. The molecule has 0 aromatic heterocycles. The number of carbonyl (C=O) groups excluding carboxylic acids is 1. The van der Waals surface area contributed by atoms with Gasteiger partial charge >= 0.3 is 6.03 Å². The van der Waals surface area contributed by atoms with Crippen molar-refractivity contribution in [3.63, 3.8) is 0 Å². The summed E-state index contributed by atoms with van der Waals surface area (Å²) in [5.74, 6) is 0.805. The summed E-state index contributed by atoms with van der Waals surface area (Å²) in [5, 5.41) is 3.06. The lowest BCUT2D eigenvalue weighted by Crippen LogP contribution is -2.40. The molecule has 0 saturated carbocycles. The maximum Gasteiger partial charge on any atom is 0.322 e.